The van der Waals surface area contributed by atoms with E-state index in [1.807, 2.05) is 11.8 Å². The van der Waals surface area contributed by atoms with Crippen LogP contribution in [0.3, 0.4) is 0 Å². The van der Waals surface area contributed by atoms with Crippen LogP contribution in [0.4, 0.5) is 0 Å². The zero-order valence-electron chi connectivity index (χ0n) is 10.1. The lowest BCUT2D eigenvalue weighted by Gasteiger charge is -2.38. The molecule has 0 spiro atoms. The molecule has 1 rings (SSSR count). The second kappa shape index (κ2) is 5.41. The van der Waals surface area contributed by atoms with Gasteiger partial charge in [-0.3, -0.25) is 0 Å². The fraction of sp³-hybridized carbons (Fsp3) is 1.00. The van der Waals surface area contributed by atoms with Gasteiger partial charge in [-0.25, -0.2) is 0 Å². The van der Waals surface area contributed by atoms with Crippen LogP contribution in [-0.4, -0.2) is 24.1 Å². The topological polar surface area (TPSA) is 12.0 Å². The lowest BCUT2D eigenvalue weighted by atomic mass is 9.72. The molecular formula is C12H25NS. The van der Waals surface area contributed by atoms with Gasteiger partial charge < -0.3 is 5.32 Å². The van der Waals surface area contributed by atoms with Crippen LogP contribution >= 0.6 is 11.8 Å². The molecule has 0 aromatic carbocycles. The summed E-state index contributed by atoms with van der Waals surface area (Å²) in [4.78, 5) is 0. The standard InChI is InChI=1S/C12H25NS/c1-12(2,3)13-9-11-6-5-10(11)7-8-14-4/h10-11,13H,5-9H2,1-4H3. The Morgan fingerprint density at radius 1 is 1.21 bits per heavy atom. The van der Waals surface area contributed by atoms with Crippen LogP contribution in [0.1, 0.15) is 40.0 Å². The van der Waals surface area contributed by atoms with Gasteiger partial charge in [-0.1, -0.05) is 0 Å². The number of hydrogen-bond donors (Lipinski definition) is 1. The maximum Gasteiger partial charge on any atom is 0.00966 e. The van der Waals surface area contributed by atoms with E-state index >= 15 is 0 Å². The highest BCUT2D eigenvalue weighted by molar-refractivity contribution is 7.98. The van der Waals surface area contributed by atoms with E-state index in [0.717, 1.165) is 11.8 Å². The van der Waals surface area contributed by atoms with Gasteiger partial charge in [0.1, 0.15) is 0 Å². The van der Waals surface area contributed by atoms with E-state index in [2.05, 4.69) is 32.3 Å². The molecule has 2 heteroatoms. The van der Waals surface area contributed by atoms with Gasteiger partial charge in [-0.05, 0) is 70.4 Å². The predicted octanol–water partition coefficient (Wildman–Crippen LogP) is 3.15. The van der Waals surface area contributed by atoms with Gasteiger partial charge in [0.2, 0.25) is 0 Å². The molecule has 0 radical (unpaired) electrons. The molecule has 0 heterocycles. The summed E-state index contributed by atoms with van der Waals surface area (Å²) in [6.07, 6.45) is 6.55. The Labute approximate surface area is 93.4 Å². The monoisotopic (exact) mass is 215 g/mol. The third kappa shape index (κ3) is 4.22. The lowest BCUT2D eigenvalue weighted by Crippen LogP contribution is -2.43. The molecule has 14 heavy (non-hydrogen) atoms. The van der Waals surface area contributed by atoms with Crippen molar-refractivity contribution in [3.05, 3.63) is 0 Å². The Kier molecular flexibility index (Phi) is 4.78. The molecule has 1 N–H and O–H groups in total. The van der Waals surface area contributed by atoms with Crippen molar-refractivity contribution in [2.45, 2.75) is 45.6 Å². The smallest absolute Gasteiger partial charge is 0.00966 e. The van der Waals surface area contributed by atoms with Crippen molar-refractivity contribution in [2.75, 3.05) is 18.6 Å². The van der Waals surface area contributed by atoms with E-state index in [1.54, 1.807) is 0 Å². The molecule has 1 fully saturated rings. The average molecular weight is 215 g/mol. The normalized spacial score (nSPS) is 27.4. The van der Waals surface area contributed by atoms with Crippen molar-refractivity contribution in [3.8, 4) is 0 Å². The third-order valence-corrected chi connectivity index (χ3v) is 3.81. The Bertz CT molecular complexity index is 162. The first-order chi connectivity index (χ1) is 6.53. The summed E-state index contributed by atoms with van der Waals surface area (Å²) in [7, 11) is 0. The molecule has 0 saturated heterocycles. The van der Waals surface area contributed by atoms with Crippen molar-refractivity contribution in [1.82, 2.24) is 5.32 Å². The summed E-state index contributed by atoms with van der Waals surface area (Å²) in [6, 6.07) is 0. The highest BCUT2D eigenvalue weighted by Gasteiger charge is 2.30. The van der Waals surface area contributed by atoms with Crippen molar-refractivity contribution in [1.29, 1.82) is 0 Å². The van der Waals surface area contributed by atoms with Crippen LogP contribution in [0.2, 0.25) is 0 Å². The van der Waals surface area contributed by atoms with E-state index in [9.17, 15) is 0 Å². The molecule has 0 aromatic heterocycles. The summed E-state index contributed by atoms with van der Waals surface area (Å²) in [5.74, 6) is 3.31. The average Bonchev–Trinajstić information content (AvgIpc) is 2.01. The molecule has 2 atom stereocenters. The van der Waals surface area contributed by atoms with Crippen LogP contribution < -0.4 is 5.32 Å². The van der Waals surface area contributed by atoms with E-state index in [1.165, 1.54) is 31.6 Å². The SMILES string of the molecule is CSCCC1CCC1CNC(C)(C)C. The zero-order chi connectivity index (χ0) is 10.6. The molecule has 84 valence electrons. The molecule has 0 amide bonds. The summed E-state index contributed by atoms with van der Waals surface area (Å²) >= 11 is 1.98. The summed E-state index contributed by atoms with van der Waals surface area (Å²) in [6.45, 7) is 7.98. The van der Waals surface area contributed by atoms with E-state index in [-0.39, 0.29) is 0 Å². The van der Waals surface area contributed by atoms with Gasteiger partial charge in [0.25, 0.3) is 0 Å². The molecule has 1 aliphatic carbocycles. The minimum Gasteiger partial charge on any atom is -0.312 e. The Balaban J connectivity index is 2.13. The van der Waals surface area contributed by atoms with E-state index < -0.39 is 0 Å². The largest absolute Gasteiger partial charge is 0.312 e. The maximum atomic E-state index is 3.62. The van der Waals surface area contributed by atoms with Crippen molar-refractivity contribution in [3.63, 3.8) is 0 Å². The third-order valence-electron chi connectivity index (χ3n) is 3.16. The lowest BCUT2D eigenvalue weighted by molar-refractivity contribution is 0.156. The van der Waals surface area contributed by atoms with Crippen molar-refractivity contribution < 1.29 is 0 Å². The molecule has 1 aliphatic rings. The van der Waals surface area contributed by atoms with Gasteiger partial charge in [-0.15, -0.1) is 0 Å². The first kappa shape index (κ1) is 12.4. The first-order valence-corrected chi connectivity index (χ1v) is 7.16. The fourth-order valence-electron chi connectivity index (χ4n) is 1.99. The second-order valence-electron chi connectivity index (χ2n) is 5.51. The summed E-state index contributed by atoms with van der Waals surface area (Å²) in [5.41, 5.74) is 0.291. The van der Waals surface area contributed by atoms with E-state index in [4.69, 9.17) is 0 Å². The number of thioether (sulfide) groups is 1. The molecule has 0 bridgehead atoms. The summed E-state index contributed by atoms with van der Waals surface area (Å²) in [5, 5.41) is 3.62. The van der Waals surface area contributed by atoms with Gasteiger partial charge in [0.15, 0.2) is 0 Å². The second-order valence-corrected chi connectivity index (χ2v) is 6.50. The van der Waals surface area contributed by atoms with Crippen LogP contribution in [0, 0.1) is 11.8 Å². The molecule has 1 nitrogen and oxygen atoms in total. The van der Waals surface area contributed by atoms with Crippen molar-refractivity contribution in [2.24, 2.45) is 11.8 Å². The Morgan fingerprint density at radius 3 is 2.29 bits per heavy atom. The minimum absolute atomic E-state index is 0.291. The summed E-state index contributed by atoms with van der Waals surface area (Å²) < 4.78 is 0. The highest BCUT2D eigenvalue weighted by Crippen LogP contribution is 2.37. The Hall–Kier alpha value is 0.310. The minimum atomic E-state index is 0.291. The van der Waals surface area contributed by atoms with Crippen LogP contribution in [0.25, 0.3) is 0 Å². The fourth-order valence-corrected chi connectivity index (χ4v) is 2.53. The van der Waals surface area contributed by atoms with Gasteiger partial charge in [0.05, 0.1) is 0 Å². The molecule has 1 saturated carbocycles. The van der Waals surface area contributed by atoms with Crippen LogP contribution in [-0.2, 0) is 0 Å². The molecule has 2 unspecified atom stereocenters. The molecule has 0 aromatic rings. The maximum absolute atomic E-state index is 3.62. The predicted molar refractivity (Wildman–Crippen MR) is 67.0 cm³/mol. The number of rotatable bonds is 5. The molecular weight excluding hydrogens is 190 g/mol. The quantitative estimate of drug-likeness (QED) is 0.756. The Morgan fingerprint density at radius 2 is 1.86 bits per heavy atom. The van der Waals surface area contributed by atoms with Crippen molar-refractivity contribution >= 4 is 11.8 Å². The zero-order valence-corrected chi connectivity index (χ0v) is 10.9. The first-order valence-electron chi connectivity index (χ1n) is 5.77. The highest BCUT2D eigenvalue weighted by atomic mass is 32.2. The molecule has 0 aliphatic heterocycles. The number of hydrogen-bond acceptors (Lipinski definition) is 2. The number of nitrogens with one attached hydrogen (secondary N) is 1. The van der Waals surface area contributed by atoms with Gasteiger partial charge in [0, 0.05) is 5.54 Å². The van der Waals surface area contributed by atoms with Gasteiger partial charge >= 0.3 is 0 Å². The van der Waals surface area contributed by atoms with E-state index in [0.29, 0.717) is 5.54 Å². The van der Waals surface area contributed by atoms with Crippen LogP contribution in [0.15, 0.2) is 0 Å². The van der Waals surface area contributed by atoms with Crippen LogP contribution in [0.5, 0.6) is 0 Å². The van der Waals surface area contributed by atoms with Gasteiger partial charge in [-0.2, -0.15) is 11.8 Å².